The highest BCUT2D eigenvalue weighted by Gasteiger charge is 2.31. The number of alkyl halides is 3. The van der Waals surface area contributed by atoms with Crippen molar-refractivity contribution in [1.29, 1.82) is 0 Å². The van der Waals surface area contributed by atoms with Crippen LogP contribution in [0.3, 0.4) is 0 Å². The summed E-state index contributed by atoms with van der Waals surface area (Å²) in [4.78, 5) is 15.4. The molecule has 0 spiro atoms. The van der Waals surface area contributed by atoms with Gasteiger partial charge in [0, 0.05) is 6.20 Å². The number of carbonyl (C=O) groups excluding carboxylic acids is 1. The van der Waals surface area contributed by atoms with Crippen LogP contribution >= 0.6 is 24.0 Å². The number of hydrogen-bond donors (Lipinski definition) is 2. The van der Waals surface area contributed by atoms with Crippen LogP contribution in [0.2, 0.25) is 5.02 Å². The number of carbonyl (C=O) groups is 1. The number of nitrogens with two attached hydrogens (primary N) is 1. The third-order valence-electron chi connectivity index (χ3n) is 3.05. The zero-order valence-corrected chi connectivity index (χ0v) is 14.8. The third-order valence-corrected chi connectivity index (χ3v) is 3.32. The quantitative estimate of drug-likeness (QED) is 0.702. The van der Waals surface area contributed by atoms with Crippen LogP contribution in [-0.4, -0.2) is 29.6 Å². The van der Waals surface area contributed by atoms with E-state index in [2.05, 4.69) is 10.3 Å². The van der Waals surface area contributed by atoms with E-state index in [1.165, 1.54) is 0 Å². The Morgan fingerprint density at radius 2 is 2.08 bits per heavy atom. The molecule has 24 heavy (non-hydrogen) atoms. The molecule has 138 valence electrons. The van der Waals surface area contributed by atoms with Crippen molar-refractivity contribution in [3.63, 3.8) is 0 Å². The summed E-state index contributed by atoms with van der Waals surface area (Å²) in [6.45, 7) is 3.68. The zero-order chi connectivity index (χ0) is 17.7. The number of ether oxygens (including phenoxy) is 1. The second kappa shape index (κ2) is 9.29. The fraction of sp³-hybridized carbons (Fsp3) is 0.571. The van der Waals surface area contributed by atoms with Gasteiger partial charge in [0.05, 0.1) is 17.6 Å². The average molecular weight is 390 g/mol. The van der Waals surface area contributed by atoms with Gasteiger partial charge >= 0.3 is 6.18 Å². The van der Waals surface area contributed by atoms with Crippen LogP contribution in [0.4, 0.5) is 13.2 Å². The van der Waals surface area contributed by atoms with Gasteiger partial charge in [0.25, 0.3) is 0 Å². The van der Waals surface area contributed by atoms with Gasteiger partial charge in [-0.1, -0.05) is 24.9 Å². The van der Waals surface area contributed by atoms with Gasteiger partial charge in [-0.25, -0.2) is 4.98 Å². The monoisotopic (exact) mass is 389 g/mol. The maximum absolute atomic E-state index is 12.5. The molecule has 0 bridgehead atoms. The van der Waals surface area contributed by atoms with Gasteiger partial charge in [-0.3, -0.25) is 4.79 Å². The first-order valence-electron chi connectivity index (χ1n) is 7.00. The molecule has 10 heteroatoms. The lowest BCUT2D eigenvalue weighted by molar-refractivity contribution is -0.137. The first kappa shape index (κ1) is 22.8. The van der Waals surface area contributed by atoms with Crippen LogP contribution < -0.4 is 15.8 Å². The Kier molecular flexibility index (Phi) is 8.81. The summed E-state index contributed by atoms with van der Waals surface area (Å²) in [5.41, 5.74) is 3.92. The van der Waals surface area contributed by atoms with Crippen molar-refractivity contribution in [2.75, 3.05) is 13.2 Å². The SMILES string of the molecule is CCCC(C)(N)C(=O)NCCOc1ncc(C(F)(F)F)cc1Cl.Cl. The molecule has 1 unspecified atom stereocenters. The molecule has 3 N–H and O–H groups in total. The number of halogens is 5. The van der Waals surface area contributed by atoms with Crippen LogP contribution in [0.1, 0.15) is 32.3 Å². The van der Waals surface area contributed by atoms with Gasteiger partial charge in [0.2, 0.25) is 11.8 Å². The first-order valence-corrected chi connectivity index (χ1v) is 7.38. The van der Waals surface area contributed by atoms with Crippen molar-refractivity contribution in [1.82, 2.24) is 10.3 Å². The molecular formula is C14H20Cl2F3N3O2. The molecule has 1 heterocycles. The lowest BCUT2D eigenvalue weighted by atomic mass is 9.97. The topological polar surface area (TPSA) is 77.2 Å². The second-order valence-corrected chi connectivity index (χ2v) is 5.69. The van der Waals surface area contributed by atoms with E-state index in [4.69, 9.17) is 22.1 Å². The summed E-state index contributed by atoms with van der Waals surface area (Å²) in [5.74, 6) is -0.451. The maximum Gasteiger partial charge on any atom is 0.417 e. The van der Waals surface area contributed by atoms with Crippen molar-refractivity contribution < 1.29 is 22.7 Å². The Morgan fingerprint density at radius 3 is 2.58 bits per heavy atom. The highest BCUT2D eigenvalue weighted by Crippen LogP contribution is 2.32. The lowest BCUT2D eigenvalue weighted by Crippen LogP contribution is -2.52. The third kappa shape index (κ3) is 6.70. The molecule has 1 amide bonds. The maximum atomic E-state index is 12.5. The smallest absolute Gasteiger partial charge is 0.417 e. The fourth-order valence-corrected chi connectivity index (χ4v) is 2.05. The van der Waals surface area contributed by atoms with Crippen molar-refractivity contribution in [2.24, 2.45) is 5.73 Å². The molecule has 0 radical (unpaired) electrons. The highest BCUT2D eigenvalue weighted by molar-refractivity contribution is 6.31. The summed E-state index contributed by atoms with van der Waals surface area (Å²) in [6, 6.07) is 0.737. The van der Waals surface area contributed by atoms with Gasteiger partial charge in [0.1, 0.15) is 11.6 Å². The van der Waals surface area contributed by atoms with Crippen LogP contribution in [-0.2, 0) is 11.0 Å². The Morgan fingerprint density at radius 1 is 1.46 bits per heavy atom. The van der Waals surface area contributed by atoms with Gasteiger partial charge < -0.3 is 15.8 Å². The standard InChI is InChI=1S/C14H19ClF3N3O2.ClH/c1-3-4-13(2,19)12(22)20-5-6-23-11-10(15)7-9(8-21-11)14(16,17)18;/h7-8H,3-6,19H2,1-2H3,(H,20,22);1H. The molecule has 0 fully saturated rings. The Bertz CT molecular complexity index is 555. The number of nitrogens with zero attached hydrogens (tertiary/aromatic N) is 1. The van der Waals surface area contributed by atoms with E-state index >= 15 is 0 Å². The zero-order valence-electron chi connectivity index (χ0n) is 13.2. The number of hydrogen-bond acceptors (Lipinski definition) is 4. The van der Waals surface area contributed by atoms with E-state index in [1.54, 1.807) is 6.92 Å². The molecule has 0 aromatic carbocycles. The molecular weight excluding hydrogens is 370 g/mol. The van der Waals surface area contributed by atoms with Crippen LogP contribution in [0.15, 0.2) is 12.3 Å². The molecule has 0 aliphatic carbocycles. The first-order chi connectivity index (χ1) is 10.6. The highest BCUT2D eigenvalue weighted by atomic mass is 35.5. The second-order valence-electron chi connectivity index (χ2n) is 5.28. The fourth-order valence-electron chi connectivity index (χ4n) is 1.83. The minimum atomic E-state index is -4.52. The summed E-state index contributed by atoms with van der Waals surface area (Å²) in [7, 11) is 0. The molecule has 0 aliphatic heterocycles. The lowest BCUT2D eigenvalue weighted by Gasteiger charge is -2.22. The molecule has 1 atom stereocenters. The van der Waals surface area contributed by atoms with Crippen LogP contribution in [0.25, 0.3) is 0 Å². The number of nitrogens with one attached hydrogen (secondary N) is 1. The van der Waals surface area contributed by atoms with Crippen LogP contribution in [0.5, 0.6) is 5.88 Å². The summed E-state index contributed by atoms with van der Waals surface area (Å²) in [6.07, 6.45) is -2.58. The molecule has 1 aromatic heterocycles. The van der Waals surface area contributed by atoms with Crippen molar-refractivity contribution in [3.05, 3.63) is 22.8 Å². The Labute approximate surface area is 149 Å². The van der Waals surface area contributed by atoms with Crippen LogP contribution in [0, 0.1) is 0 Å². The Balaban J connectivity index is 0.00000529. The van der Waals surface area contributed by atoms with E-state index in [-0.39, 0.29) is 42.4 Å². The number of amides is 1. The molecule has 0 saturated carbocycles. The van der Waals surface area contributed by atoms with E-state index in [9.17, 15) is 18.0 Å². The van der Waals surface area contributed by atoms with E-state index in [0.29, 0.717) is 12.6 Å². The van der Waals surface area contributed by atoms with Crippen molar-refractivity contribution >= 4 is 29.9 Å². The molecule has 5 nitrogen and oxygen atoms in total. The molecule has 0 aliphatic rings. The molecule has 1 rings (SSSR count). The van der Waals surface area contributed by atoms with Crippen molar-refractivity contribution in [2.45, 2.75) is 38.4 Å². The summed E-state index contributed by atoms with van der Waals surface area (Å²) < 4.78 is 42.6. The van der Waals surface area contributed by atoms with E-state index in [1.807, 2.05) is 6.92 Å². The minimum absolute atomic E-state index is 0. The predicted octanol–water partition coefficient (Wildman–Crippen LogP) is 3.19. The Hall–Kier alpha value is -1.25. The minimum Gasteiger partial charge on any atom is -0.475 e. The molecule has 1 aromatic rings. The van der Waals surface area contributed by atoms with Gasteiger partial charge in [-0.15, -0.1) is 12.4 Å². The molecule has 0 saturated heterocycles. The number of pyridine rings is 1. The average Bonchev–Trinajstić information content (AvgIpc) is 2.43. The van der Waals surface area contributed by atoms with E-state index < -0.39 is 17.3 Å². The summed E-state index contributed by atoms with van der Waals surface area (Å²) in [5, 5.41) is 2.34. The largest absolute Gasteiger partial charge is 0.475 e. The van der Waals surface area contributed by atoms with Crippen molar-refractivity contribution in [3.8, 4) is 5.88 Å². The number of aromatic nitrogens is 1. The predicted molar refractivity (Wildman–Crippen MR) is 87.5 cm³/mol. The summed E-state index contributed by atoms with van der Waals surface area (Å²) >= 11 is 5.70. The normalized spacial score (nSPS) is 13.6. The van der Waals surface area contributed by atoms with Gasteiger partial charge in [-0.05, 0) is 19.4 Å². The van der Waals surface area contributed by atoms with E-state index in [0.717, 1.165) is 12.5 Å². The number of rotatable bonds is 7. The van der Waals surface area contributed by atoms with Gasteiger partial charge in [0.15, 0.2) is 0 Å². The van der Waals surface area contributed by atoms with Gasteiger partial charge in [-0.2, -0.15) is 13.2 Å².